The van der Waals surface area contributed by atoms with E-state index < -0.39 is 11.7 Å². The van der Waals surface area contributed by atoms with Crippen molar-refractivity contribution in [2.75, 3.05) is 13.1 Å². The molecule has 1 atom stereocenters. The summed E-state index contributed by atoms with van der Waals surface area (Å²) in [7, 11) is 0. The van der Waals surface area contributed by atoms with E-state index in [1.54, 1.807) is 4.90 Å². The Bertz CT molecular complexity index is 501. The standard InChI is InChI=1S/C14H18F3N3O.2ClH/c1-9(18)10-4-6-20(7-5-10)13(21)12-3-2-11(8-19-12)14(15,16)17;;/h2-3,8-10H,4-7,18H2,1H3;2*1H. The quantitative estimate of drug-likeness (QED) is 0.865. The van der Waals surface area contributed by atoms with Gasteiger partial charge in [-0.3, -0.25) is 9.78 Å². The Hall–Kier alpha value is -1.05. The molecule has 1 fully saturated rings. The summed E-state index contributed by atoms with van der Waals surface area (Å²) in [5, 5.41) is 0. The highest BCUT2D eigenvalue weighted by atomic mass is 35.5. The van der Waals surface area contributed by atoms with Crippen LogP contribution in [0, 0.1) is 5.92 Å². The predicted octanol–water partition coefficient (Wildman–Crippen LogP) is 3.14. The van der Waals surface area contributed by atoms with Crippen molar-refractivity contribution in [3.05, 3.63) is 29.6 Å². The minimum Gasteiger partial charge on any atom is -0.337 e. The summed E-state index contributed by atoms with van der Waals surface area (Å²) in [6.45, 7) is 3.07. The van der Waals surface area contributed by atoms with Crippen molar-refractivity contribution < 1.29 is 18.0 Å². The van der Waals surface area contributed by atoms with Crippen LogP contribution in [0.15, 0.2) is 18.3 Å². The summed E-state index contributed by atoms with van der Waals surface area (Å²) in [6, 6.07) is 2.10. The lowest BCUT2D eigenvalue weighted by Crippen LogP contribution is -2.42. The summed E-state index contributed by atoms with van der Waals surface area (Å²) in [6.07, 6.45) is -2.12. The van der Waals surface area contributed by atoms with Gasteiger partial charge in [-0.05, 0) is 37.8 Å². The highest BCUT2D eigenvalue weighted by Crippen LogP contribution is 2.28. The van der Waals surface area contributed by atoms with Gasteiger partial charge in [0.15, 0.2) is 0 Å². The first-order valence-electron chi connectivity index (χ1n) is 6.87. The zero-order valence-corrected chi connectivity index (χ0v) is 14.2. The van der Waals surface area contributed by atoms with Gasteiger partial charge in [-0.2, -0.15) is 13.2 Å². The monoisotopic (exact) mass is 373 g/mol. The number of carbonyl (C=O) groups excluding carboxylic acids is 1. The number of carbonyl (C=O) groups is 1. The molecule has 132 valence electrons. The summed E-state index contributed by atoms with van der Waals surface area (Å²) in [5.41, 5.74) is 5.03. The smallest absolute Gasteiger partial charge is 0.337 e. The van der Waals surface area contributed by atoms with Crippen molar-refractivity contribution in [1.29, 1.82) is 0 Å². The van der Waals surface area contributed by atoms with Crippen molar-refractivity contribution >= 4 is 30.7 Å². The molecule has 1 aromatic rings. The average molecular weight is 374 g/mol. The van der Waals surface area contributed by atoms with Gasteiger partial charge in [0.05, 0.1) is 5.56 Å². The van der Waals surface area contributed by atoms with Crippen LogP contribution in [-0.2, 0) is 6.18 Å². The van der Waals surface area contributed by atoms with Crippen LogP contribution in [0.1, 0.15) is 35.8 Å². The fraction of sp³-hybridized carbons (Fsp3) is 0.571. The number of hydrogen-bond acceptors (Lipinski definition) is 3. The van der Waals surface area contributed by atoms with E-state index in [4.69, 9.17) is 5.73 Å². The minimum absolute atomic E-state index is 0. The predicted molar refractivity (Wildman–Crippen MR) is 86.0 cm³/mol. The van der Waals surface area contributed by atoms with Crippen LogP contribution < -0.4 is 5.73 Å². The lowest BCUT2D eigenvalue weighted by Gasteiger charge is -2.33. The number of hydrogen-bond donors (Lipinski definition) is 1. The SMILES string of the molecule is CC(N)C1CCN(C(=O)c2ccc(C(F)(F)F)cn2)CC1.Cl.Cl. The maximum absolute atomic E-state index is 12.4. The van der Waals surface area contributed by atoms with Gasteiger partial charge in [0.2, 0.25) is 0 Å². The third-order valence-electron chi connectivity index (χ3n) is 3.88. The van der Waals surface area contributed by atoms with Crippen molar-refractivity contribution in [2.45, 2.75) is 32.0 Å². The molecule has 1 amide bonds. The Morgan fingerprint density at radius 1 is 1.30 bits per heavy atom. The van der Waals surface area contributed by atoms with Crippen LogP contribution in [0.3, 0.4) is 0 Å². The van der Waals surface area contributed by atoms with Gasteiger partial charge in [-0.1, -0.05) is 0 Å². The summed E-state index contributed by atoms with van der Waals surface area (Å²) in [5.74, 6) is 0.0569. The number of pyridine rings is 1. The van der Waals surface area contributed by atoms with Crippen molar-refractivity contribution in [2.24, 2.45) is 11.7 Å². The van der Waals surface area contributed by atoms with E-state index in [0.717, 1.165) is 25.0 Å². The van der Waals surface area contributed by atoms with Gasteiger partial charge in [-0.25, -0.2) is 0 Å². The number of rotatable bonds is 2. The fourth-order valence-corrected chi connectivity index (χ4v) is 2.48. The van der Waals surface area contributed by atoms with E-state index in [2.05, 4.69) is 4.98 Å². The second-order valence-corrected chi connectivity index (χ2v) is 5.42. The summed E-state index contributed by atoms with van der Waals surface area (Å²) >= 11 is 0. The fourth-order valence-electron chi connectivity index (χ4n) is 2.48. The lowest BCUT2D eigenvalue weighted by molar-refractivity contribution is -0.137. The average Bonchev–Trinajstić information content (AvgIpc) is 2.46. The van der Waals surface area contributed by atoms with Crippen LogP contribution in [0.5, 0.6) is 0 Å². The molecule has 1 unspecified atom stereocenters. The summed E-state index contributed by atoms with van der Waals surface area (Å²) < 4.78 is 37.3. The number of amides is 1. The van der Waals surface area contributed by atoms with Gasteiger partial charge in [-0.15, -0.1) is 24.8 Å². The van der Waals surface area contributed by atoms with Gasteiger partial charge < -0.3 is 10.6 Å². The van der Waals surface area contributed by atoms with Crippen LogP contribution in [-0.4, -0.2) is 34.9 Å². The van der Waals surface area contributed by atoms with Gasteiger partial charge in [0.1, 0.15) is 5.69 Å². The zero-order chi connectivity index (χ0) is 15.6. The Morgan fingerprint density at radius 2 is 1.87 bits per heavy atom. The molecule has 0 bridgehead atoms. The number of halogens is 5. The molecule has 9 heteroatoms. The molecule has 0 saturated carbocycles. The van der Waals surface area contributed by atoms with Gasteiger partial charge in [0.25, 0.3) is 5.91 Å². The Kier molecular flexibility index (Phi) is 8.31. The molecule has 0 aromatic carbocycles. The molecule has 1 saturated heterocycles. The van der Waals surface area contributed by atoms with E-state index in [-0.39, 0.29) is 42.5 Å². The van der Waals surface area contributed by atoms with Crippen LogP contribution in [0.4, 0.5) is 13.2 Å². The second kappa shape index (κ2) is 8.70. The van der Waals surface area contributed by atoms with Gasteiger partial charge in [0, 0.05) is 25.3 Å². The largest absolute Gasteiger partial charge is 0.417 e. The van der Waals surface area contributed by atoms with E-state index in [9.17, 15) is 18.0 Å². The first-order valence-corrected chi connectivity index (χ1v) is 6.87. The number of alkyl halides is 3. The van der Waals surface area contributed by atoms with E-state index in [1.807, 2.05) is 6.92 Å². The first kappa shape index (κ1) is 21.9. The normalized spacial score (nSPS) is 17.0. The van der Waals surface area contributed by atoms with Crippen LogP contribution in [0.2, 0.25) is 0 Å². The molecular formula is C14H20Cl2F3N3O. The molecule has 0 radical (unpaired) electrons. The van der Waals surface area contributed by atoms with E-state index in [0.29, 0.717) is 25.2 Å². The molecule has 0 spiro atoms. The molecule has 2 N–H and O–H groups in total. The van der Waals surface area contributed by atoms with Crippen LogP contribution >= 0.6 is 24.8 Å². The zero-order valence-electron chi connectivity index (χ0n) is 12.5. The molecule has 1 aliphatic rings. The lowest BCUT2D eigenvalue weighted by atomic mass is 9.91. The molecule has 23 heavy (non-hydrogen) atoms. The molecule has 0 aliphatic carbocycles. The third kappa shape index (κ3) is 5.51. The highest BCUT2D eigenvalue weighted by Gasteiger charge is 2.31. The second-order valence-electron chi connectivity index (χ2n) is 5.42. The number of aromatic nitrogens is 1. The molecule has 1 aromatic heterocycles. The minimum atomic E-state index is -4.44. The maximum atomic E-state index is 12.4. The number of piperidine rings is 1. The topological polar surface area (TPSA) is 59.2 Å². The number of nitrogens with zero attached hydrogens (tertiary/aromatic N) is 2. The molecule has 2 heterocycles. The molecule has 1 aliphatic heterocycles. The van der Waals surface area contributed by atoms with Crippen LogP contribution in [0.25, 0.3) is 0 Å². The Morgan fingerprint density at radius 3 is 2.26 bits per heavy atom. The molecular weight excluding hydrogens is 354 g/mol. The highest BCUT2D eigenvalue weighted by molar-refractivity contribution is 5.92. The van der Waals surface area contributed by atoms with E-state index >= 15 is 0 Å². The number of likely N-dealkylation sites (tertiary alicyclic amines) is 1. The maximum Gasteiger partial charge on any atom is 0.417 e. The molecule has 4 nitrogen and oxygen atoms in total. The first-order chi connectivity index (χ1) is 9.79. The van der Waals surface area contributed by atoms with Crippen molar-refractivity contribution in [1.82, 2.24) is 9.88 Å². The van der Waals surface area contributed by atoms with E-state index in [1.165, 1.54) is 0 Å². The Labute approximate surface area is 145 Å². The summed E-state index contributed by atoms with van der Waals surface area (Å²) in [4.78, 5) is 17.4. The Balaban J connectivity index is 0.00000242. The van der Waals surface area contributed by atoms with Gasteiger partial charge >= 0.3 is 6.18 Å². The van der Waals surface area contributed by atoms with Crippen molar-refractivity contribution in [3.63, 3.8) is 0 Å². The third-order valence-corrected chi connectivity index (χ3v) is 3.88. The molecule has 2 rings (SSSR count). The van der Waals surface area contributed by atoms with Crippen molar-refractivity contribution in [3.8, 4) is 0 Å². The number of nitrogens with two attached hydrogens (primary N) is 1.